The number of carboxylic acid groups (broad SMARTS) is 1. The van der Waals surface area contributed by atoms with E-state index in [2.05, 4.69) is 10.9 Å². The molecular formula is C8H8ClFN2O2. The van der Waals surface area contributed by atoms with Crippen molar-refractivity contribution in [1.29, 1.82) is 0 Å². The van der Waals surface area contributed by atoms with Gasteiger partial charge in [-0.05, 0) is 18.2 Å². The average molecular weight is 219 g/mol. The number of alkyl halides is 1. The van der Waals surface area contributed by atoms with Gasteiger partial charge in [0.05, 0.1) is 5.69 Å². The highest BCUT2D eigenvalue weighted by atomic mass is 35.5. The summed E-state index contributed by atoms with van der Waals surface area (Å²) in [6.45, 7) is 0. The van der Waals surface area contributed by atoms with E-state index in [9.17, 15) is 9.18 Å². The second-order valence-electron chi connectivity index (χ2n) is 2.48. The number of carboxylic acids is 1. The van der Waals surface area contributed by atoms with Gasteiger partial charge in [0, 0.05) is 0 Å². The van der Waals surface area contributed by atoms with E-state index in [1.165, 1.54) is 18.2 Å². The maximum absolute atomic E-state index is 12.6. The van der Waals surface area contributed by atoms with E-state index in [1.807, 2.05) is 0 Å². The zero-order chi connectivity index (χ0) is 10.6. The van der Waals surface area contributed by atoms with E-state index in [1.54, 1.807) is 6.07 Å². The molecule has 0 aliphatic carbocycles. The van der Waals surface area contributed by atoms with Crippen LogP contribution < -0.4 is 10.9 Å². The number of anilines is 1. The number of hydrogen-bond donors (Lipinski definition) is 3. The van der Waals surface area contributed by atoms with Gasteiger partial charge in [0.2, 0.25) is 0 Å². The lowest BCUT2D eigenvalue weighted by Crippen LogP contribution is -2.35. The quantitative estimate of drug-likeness (QED) is 0.406. The van der Waals surface area contributed by atoms with E-state index in [0.717, 1.165) is 0 Å². The number of benzene rings is 1. The maximum Gasteiger partial charge on any atom is 0.337 e. The van der Waals surface area contributed by atoms with Crippen molar-refractivity contribution in [3.63, 3.8) is 0 Å². The van der Waals surface area contributed by atoms with Gasteiger partial charge in [-0.3, -0.25) is 0 Å². The molecular weight excluding hydrogens is 211 g/mol. The van der Waals surface area contributed by atoms with Gasteiger partial charge in [-0.2, -0.15) is 0 Å². The first-order chi connectivity index (χ1) is 6.59. The van der Waals surface area contributed by atoms with Gasteiger partial charge in [0.15, 0.2) is 5.50 Å². The van der Waals surface area contributed by atoms with E-state index in [-0.39, 0.29) is 0 Å². The number of halogens is 2. The summed E-state index contributed by atoms with van der Waals surface area (Å²) in [4.78, 5) is 10.3. The van der Waals surface area contributed by atoms with Crippen molar-refractivity contribution in [2.45, 2.75) is 5.50 Å². The molecule has 1 unspecified atom stereocenters. The van der Waals surface area contributed by atoms with E-state index < -0.39 is 17.3 Å². The average Bonchev–Trinajstić information content (AvgIpc) is 2.14. The molecule has 0 bridgehead atoms. The van der Waals surface area contributed by atoms with Crippen LogP contribution in [0.25, 0.3) is 0 Å². The fraction of sp³-hybridized carbons (Fsp3) is 0.125. The molecule has 1 atom stereocenters. The fourth-order valence-electron chi connectivity index (χ4n) is 0.775. The Hall–Kier alpha value is -1.33. The van der Waals surface area contributed by atoms with Crippen LogP contribution in [0.2, 0.25) is 0 Å². The third kappa shape index (κ3) is 3.20. The maximum atomic E-state index is 12.6. The molecule has 0 radical (unpaired) electrons. The van der Waals surface area contributed by atoms with Crippen molar-refractivity contribution in [2.75, 3.05) is 5.43 Å². The van der Waals surface area contributed by atoms with Gasteiger partial charge in [0.1, 0.15) is 5.82 Å². The number of hydrazine groups is 1. The minimum atomic E-state index is -1.27. The van der Waals surface area contributed by atoms with Gasteiger partial charge >= 0.3 is 5.97 Å². The summed E-state index contributed by atoms with van der Waals surface area (Å²) in [5.74, 6) is -1.63. The van der Waals surface area contributed by atoms with Gasteiger partial charge in [0.25, 0.3) is 0 Å². The number of nitrogens with one attached hydrogen (secondary N) is 2. The van der Waals surface area contributed by atoms with E-state index in [0.29, 0.717) is 5.69 Å². The summed E-state index contributed by atoms with van der Waals surface area (Å²) >= 11 is 5.34. The van der Waals surface area contributed by atoms with Crippen LogP contribution >= 0.6 is 11.6 Å². The van der Waals surface area contributed by atoms with Crippen molar-refractivity contribution in [1.82, 2.24) is 5.43 Å². The molecule has 1 aromatic rings. The Labute approximate surface area is 84.7 Å². The Morgan fingerprint density at radius 1 is 1.57 bits per heavy atom. The van der Waals surface area contributed by atoms with Crippen LogP contribution in [0.3, 0.4) is 0 Å². The van der Waals surface area contributed by atoms with Crippen LogP contribution in [-0.2, 0) is 4.79 Å². The minimum absolute atomic E-state index is 0.400. The van der Waals surface area contributed by atoms with E-state index >= 15 is 0 Å². The summed E-state index contributed by atoms with van der Waals surface area (Å²) in [6, 6.07) is 5.55. The second kappa shape index (κ2) is 4.78. The number of rotatable bonds is 4. The predicted molar refractivity (Wildman–Crippen MR) is 50.4 cm³/mol. The van der Waals surface area contributed by atoms with E-state index in [4.69, 9.17) is 16.7 Å². The predicted octanol–water partition coefficient (Wildman–Crippen LogP) is 1.39. The van der Waals surface area contributed by atoms with Crippen LogP contribution in [0, 0.1) is 5.82 Å². The summed E-state index contributed by atoms with van der Waals surface area (Å²) in [5.41, 5.74) is 3.87. The Morgan fingerprint density at radius 3 is 2.86 bits per heavy atom. The Morgan fingerprint density at radius 2 is 2.29 bits per heavy atom. The number of carbonyl (C=O) groups is 1. The first-order valence-corrected chi connectivity index (χ1v) is 4.17. The highest BCUT2D eigenvalue weighted by Crippen LogP contribution is 2.07. The lowest BCUT2D eigenvalue weighted by molar-refractivity contribution is -0.137. The zero-order valence-electron chi connectivity index (χ0n) is 7.00. The topological polar surface area (TPSA) is 61.4 Å². The van der Waals surface area contributed by atoms with Gasteiger partial charge in [-0.15, -0.1) is 0 Å². The third-order valence-electron chi connectivity index (χ3n) is 1.38. The standard InChI is InChI=1S/C8H8ClFN2O2/c9-7(8(13)14)12-11-6-3-1-2-5(10)4-6/h1-4,7,11-12H,(H,13,14). The third-order valence-corrected chi connectivity index (χ3v) is 1.68. The lowest BCUT2D eigenvalue weighted by atomic mass is 10.3. The number of hydrogen-bond acceptors (Lipinski definition) is 3. The zero-order valence-corrected chi connectivity index (χ0v) is 7.75. The van der Waals surface area contributed by atoms with Gasteiger partial charge in [-0.1, -0.05) is 17.7 Å². The summed E-state index contributed by atoms with van der Waals surface area (Å²) < 4.78 is 12.6. The van der Waals surface area contributed by atoms with Crippen LogP contribution in [0.5, 0.6) is 0 Å². The molecule has 4 nitrogen and oxygen atoms in total. The molecule has 3 N–H and O–H groups in total. The first-order valence-electron chi connectivity index (χ1n) is 3.73. The molecule has 76 valence electrons. The molecule has 1 rings (SSSR count). The molecule has 1 aromatic carbocycles. The molecule has 0 aliphatic rings. The van der Waals surface area contributed by atoms with Crippen LogP contribution in [0.1, 0.15) is 0 Å². The minimum Gasteiger partial charge on any atom is -0.479 e. The molecule has 0 fully saturated rings. The van der Waals surface area contributed by atoms with Gasteiger partial charge < -0.3 is 10.5 Å². The normalized spacial score (nSPS) is 12.1. The van der Waals surface area contributed by atoms with Crippen molar-refractivity contribution in [2.24, 2.45) is 0 Å². The first kappa shape index (κ1) is 10.7. The lowest BCUT2D eigenvalue weighted by Gasteiger charge is -2.09. The molecule has 0 spiro atoms. The molecule has 0 saturated heterocycles. The molecule has 0 heterocycles. The smallest absolute Gasteiger partial charge is 0.337 e. The molecule has 0 amide bonds. The summed E-state index contributed by atoms with van der Waals surface area (Å²) in [5, 5.41) is 8.41. The number of aliphatic carboxylic acids is 1. The Kier molecular flexibility index (Phi) is 3.67. The largest absolute Gasteiger partial charge is 0.479 e. The molecule has 0 saturated carbocycles. The Balaban J connectivity index is 2.49. The monoisotopic (exact) mass is 218 g/mol. The van der Waals surface area contributed by atoms with Crippen molar-refractivity contribution < 1.29 is 14.3 Å². The van der Waals surface area contributed by atoms with Crippen LogP contribution in [0.15, 0.2) is 24.3 Å². The summed E-state index contributed by atoms with van der Waals surface area (Å²) in [7, 11) is 0. The Bertz CT molecular complexity index is 335. The van der Waals surface area contributed by atoms with Crippen LogP contribution in [0.4, 0.5) is 10.1 Å². The highest BCUT2D eigenvalue weighted by molar-refractivity contribution is 6.29. The van der Waals surface area contributed by atoms with Crippen molar-refractivity contribution in [3.05, 3.63) is 30.1 Å². The molecule has 6 heteroatoms. The molecule has 0 aromatic heterocycles. The van der Waals surface area contributed by atoms with Gasteiger partial charge in [-0.25, -0.2) is 14.6 Å². The van der Waals surface area contributed by atoms with Crippen LogP contribution in [-0.4, -0.2) is 16.6 Å². The summed E-state index contributed by atoms with van der Waals surface area (Å²) in [6.07, 6.45) is 0. The van der Waals surface area contributed by atoms with Crippen molar-refractivity contribution >= 4 is 23.3 Å². The fourth-order valence-corrected chi connectivity index (χ4v) is 0.829. The molecule has 0 aliphatic heterocycles. The SMILES string of the molecule is O=C(O)C(Cl)NNc1cccc(F)c1. The van der Waals surface area contributed by atoms with Crippen molar-refractivity contribution in [3.8, 4) is 0 Å². The highest BCUT2D eigenvalue weighted by Gasteiger charge is 2.11. The second-order valence-corrected chi connectivity index (χ2v) is 2.92. The molecule has 14 heavy (non-hydrogen) atoms.